The predicted octanol–water partition coefficient (Wildman–Crippen LogP) is 5.33. The van der Waals surface area contributed by atoms with Crippen molar-refractivity contribution < 1.29 is 9.21 Å². The predicted molar refractivity (Wildman–Crippen MR) is 119 cm³/mol. The van der Waals surface area contributed by atoms with Crippen molar-refractivity contribution in [3.63, 3.8) is 0 Å². The molecule has 0 unspecified atom stereocenters. The molecule has 2 aromatic heterocycles. The molecule has 31 heavy (non-hydrogen) atoms. The normalized spacial score (nSPS) is 19.3. The number of nitrogens with zero attached hydrogens (tertiary/aromatic N) is 5. The number of piperidine rings is 1. The number of aromatic nitrogens is 2. The molecule has 9 heteroatoms. The SMILES string of the molecule is Cc1ccc(N=NCC=N)c(C(=O)N2C[C@H](c3nc4cc(Cl)cnc4o3)CC[C@H]2C)c1. The van der Waals surface area contributed by atoms with Crippen molar-refractivity contribution in [3.8, 4) is 0 Å². The first-order valence-electron chi connectivity index (χ1n) is 10.2. The lowest BCUT2D eigenvalue weighted by atomic mass is 9.92. The number of nitrogens with one attached hydrogen (secondary N) is 1. The number of rotatable bonds is 5. The van der Waals surface area contributed by atoms with Gasteiger partial charge in [-0.3, -0.25) is 4.79 Å². The van der Waals surface area contributed by atoms with E-state index in [-0.39, 0.29) is 24.4 Å². The molecule has 3 aromatic rings. The minimum atomic E-state index is -0.0954. The number of oxazole rings is 1. The van der Waals surface area contributed by atoms with E-state index in [1.807, 2.05) is 30.9 Å². The van der Waals surface area contributed by atoms with E-state index in [0.717, 1.165) is 18.4 Å². The van der Waals surface area contributed by atoms with Crippen LogP contribution in [0.15, 0.2) is 45.1 Å². The topological polar surface area (TPSA) is 108 Å². The number of likely N-dealkylation sites (tertiary alicyclic amines) is 1. The van der Waals surface area contributed by atoms with Crippen molar-refractivity contribution in [2.24, 2.45) is 10.2 Å². The van der Waals surface area contributed by atoms with Crippen LogP contribution in [0, 0.1) is 12.3 Å². The molecule has 1 saturated heterocycles. The summed E-state index contributed by atoms with van der Waals surface area (Å²) in [5.41, 5.74) is 3.05. The van der Waals surface area contributed by atoms with Gasteiger partial charge in [-0.1, -0.05) is 23.2 Å². The molecule has 4 rings (SSSR count). The maximum absolute atomic E-state index is 13.5. The summed E-state index contributed by atoms with van der Waals surface area (Å²) in [6.07, 6.45) is 4.40. The first-order valence-corrected chi connectivity index (χ1v) is 10.5. The molecule has 160 valence electrons. The van der Waals surface area contributed by atoms with Crippen LogP contribution in [0.1, 0.15) is 47.5 Å². The van der Waals surface area contributed by atoms with Crippen LogP contribution in [0.4, 0.5) is 5.69 Å². The molecule has 8 nitrogen and oxygen atoms in total. The van der Waals surface area contributed by atoms with Crippen molar-refractivity contribution in [3.05, 3.63) is 52.5 Å². The fraction of sp³-hybridized carbons (Fsp3) is 0.364. The zero-order valence-corrected chi connectivity index (χ0v) is 18.1. The van der Waals surface area contributed by atoms with Gasteiger partial charge >= 0.3 is 0 Å². The Hall–Kier alpha value is -3.13. The molecule has 1 aliphatic heterocycles. The third kappa shape index (κ3) is 4.49. The lowest BCUT2D eigenvalue weighted by molar-refractivity contribution is 0.0598. The number of fused-ring (bicyclic) bond motifs is 1. The van der Waals surface area contributed by atoms with Gasteiger partial charge in [0.2, 0.25) is 11.6 Å². The lowest BCUT2D eigenvalue weighted by Crippen LogP contribution is -2.45. The molecular formula is C22H23ClN6O2. The summed E-state index contributed by atoms with van der Waals surface area (Å²) in [6.45, 7) is 4.66. The van der Waals surface area contributed by atoms with E-state index < -0.39 is 0 Å². The van der Waals surface area contributed by atoms with Crippen molar-refractivity contribution in [1.82, 2.24) is 14.9 Å². The van der Waals surface area contributed by atoms with Crippen LogP contribution in [0.3, 0.4) is 0 Å². The molecule has 1 N–H and O–H groups in total. The van der Waals surface area contributed by atoms with Crippen LogP contribution >= 0.6 is 11.6 Å². The smallest absolute Gasteiger partial charge is 0.256 e. The number of aryl methyl sites for hydroxylation is 1. The number of carbonyl (C=O) groups is 1. The molecule has 3 heterocycles. The zero-order chi connectivity index (χ0) is 22.0. The van der Waals surface area contributed by atoms with Crippen molar-refractivity contribution in [2.45, 2.75) is 38.6 Å². The van der Waals surface area contributed by atoms with Gasteiger partial charge in [-0.2, -0.15) is 10.2 Å². The Balaban J connectivity index is 1.61. The highest BCUT2D eigenvalue weighted by Crippen LogP contribution is 2.33. The van der Waals surface area contributed by atoms with Gasteiger partial charge in [0, 0.05) is 25.0 Å². The molecule has 0 saturated carbocycles. The Labute approximate surface area is 184 Å². The molecule has 1 amide bonds. The largest absolute Gasteiger partial charge is 0.422 e. The van der Waals surface area contributed by atoms with E-state index in [9.17, 15) is 4.79 Å². The summed E-state index contributed by atoms with van der Waals surface area (Å²) < 4.78 is 5.87. The molecule has 1 aromatic carbocycles. The second kappa shape index (κ2) is 8.93. The van der Waals surface area contributed by atoms with E-state index >= 15 is 0 Å². The summed E-state index contributed by atoms with van der Waals surface area (Å²) in [6, 6.07) is 7.33. The Kier molecular flexibility index (Phi) is 6.08. The first-order chi connectivity index (χ1) is 15.0. The number of hydrogen-bond acceptors (Lipinski definition) is 7. The van der Waals surface area contributed by atoms with Crippen molar-refractivity contribution in [2.75, 3.05) is 13.1 Å². The summed E-state index contributed by atoms with van der Waals surface area (Å²) >= 11 is 6.01. The van der Waals surface area contributed by atoms with Crippen LogP contribution in [-0.2, 0) is 0 Å². The fourth-order valence-electron chi connectivity index (χ4n) is 3.80. The molecule has 1 fully saturated rings. The summed E-state index contributed by atoms with van der Waals surface area (Å²) in [4.78, 5) is 24.1. The van der Waals surface area contributed by atoms with Crippen LogP contribution in [0.2, 0.25) is 5.02 Å². The maximum atomic E-state index is 13.5. The standard InChI is InChI=1S/C22H23ClN6O2/c1-13-3-6-18(28-26-8-7-24)17(9-13)22(30)29-12-15(5-4-14(29)2)20-27-19-10-16(23)11-25-21(19)31-20/h3,6-7,9-11,14-15,24H,4-5,8,12H2,1-2H3/t14-,15-/m1/s1. The number of amides is 1. The van der Waals surface area contributed by atoms with Gasteiger partial charge in [-0.05, 0) is 44.9 Å². The van der Waals surface area contributed by atoms with E-state index in [1.165, 1.54) is 12.4 Å². The molecule has 0 bridgehead atoms. The monoisotopic (exact) mass is 438 g/mol. The summed E-state index contributed by atoms with van der Waals surface area (Å²) in [5, 5.41) is 15.7. The molecule has 2 atom stereocenters. The van der Waals surface area contributed by atoms with Gasteiger partial charge in [0.25, 0.3) is 5.91 Å². The van der Waals surface area contributed by atoms with Crippen LogP contribution in [-0.4, -0.2) is 46.1 Å². The molecule has 0 radical (unpaired) electrons. The molecule has 1 aliphatic rings. The average Bonchev–Trinajstić information content (AvgIpc) is 3.18. The number of halogens is 1. The lowest BCUT2D eigenvalue weighted by Gasteiger charge is -2.37. The van der Waals surface area contributed by atoms with E-state index in [1.54, 1.807) is 12.1 Å². The summed E-state index contributed by atoms with van der Waals surface area (Å²) in [7, 11) is 0. The minimum absolute atomic E-state index is 0.0269. The van der Waals surface area contributed by atoms with Gasteiger partial charge in [-0.15, -0.1) is 0 Å². The third-order valence-corrected chi connectivity index (χ3v) is 5.66. The third-order valence-electron chi connectivity index (χ3n) is 5.46. The highest BCUT2D eigenvalue weighted by molar-refractivity contribution is 6.30. The summed E-state index contributed by atoms with van der Waals surface area (Å²) in [5.74, 6) is 0.451. The fourth-order valence-corrected chi connectivity index (χ4v) is 3.95. The second-order valence-electron chi connectivity index (χ2n) is 7.76. The Morgan fingerprint density at radius 1 is 1.39 bits per heavy atom. The Morgan fingerprint density at radius 3 is 3.03 bits per heavy atom. The number of carbonyl (C=O) groups excluding carboxylic acids is 1. The van der Waals surface area contributed by atoms with Crippen molar-refractivity contribution in [1.29, 1.82) is 5.41 Å². The van der Waals surface area contributed by atoms with Gasteiger partial charge in [0.05, 0.1) is 28.7 Å². The number of pyridine rings is 1. The van der Waals surface area contributed by atoms with Gasteiger partial charge in [0.1, 0.15) is 5.52 Å². The molecular weight excluding hydrogens is 416 g/mol. The van der Waals surface area contributed by atoms with Gasteiger partial charge < -0.3 is 14.7 Å². The quantitative estimate of drug-likeness (QED) is 0.429. The van der Waals surface area contributed by atoms with Gasteiger partial charge in [-0.25, -0.2) is 9.97 Å². The van der Waals surface area contributed by atoms with E-state index in [2.05, 4.69) is 20.2 Å². The highest BCUT2D eigenvalue weighted by Gasteiger charge is 2.33. The number of benzene rings is 1. The van der Waals surface area contributed by atoms with Crippen LogP contribution in [0.5, 0.6) is 0 Å². The Bertz CT molecular complexity index is 1160. The molecule has 0 spiro atoms. The van der Waals surface area contributed by atoms with E-state index in [0.29, 0.717) is 39.9 Å². The van der Waals surface area contributed by atoms with Crippen molar-refractivity contribution >= 4 is 40.6 Å². The number of azo groups is 1. The Morgan fingerprint density at radius 2 is 2.23 bits per heavy atom. The molecule has 0 aliphatic carbocycles. The minimum Gasteiger partial charge on any atom is -0.422 e. The van der Waals surface area contributed by atoms with Gasteiger partial charge in [0.15, 0.2) is 0 Å². The van der Waals surface area contributed by atoms with Crippen LogP contribution < -0.4 is 0 Å². The maximum Gasteiger partial charge on any atom is 0.256 e. The second-order valence-corrected chi connectivity index (χ2v) is 8.20. The average molecular weight is 439 g/mol. The first kappa shape index (κ1) is 21.1. The zero-order valence-electron chi connectivity index (χ0n) is 17.4. The highest BCUT2D eigenvalue weighted by atomic mass is 35.5. The number of hydrogen-bond donors (Lipinski definition) is 1. The van der Waals surface area contributed by atoms with E-state index in [4.69, 9.17) is 21.4 Å². The van der Waals surface area contributed by atoms with Crippen LogP contribution in [0.25, 0.3) is 11.2 Å².